The smallest absolute Gasteiger partial charge is 0.216 e. The molecule has 0 aliphatic rings. The Morgan fingerprint density at radius 2 is 2.06 bits per heavy atom. The van der Waals surface area contributed by atoms with Crippen LogP contribution < -0.4 is 5.32 Å². The van der Waals surface area contributed by atoms with Crippen LogP contribution >= 0.6 is 12.6 Å². The molecule has 94 valence electrons. The molecule has 0 bridgehead atoms. The lowest BCUT2D eigenvalue weighted by molar-refractivity contribution is -0.119. The number of hydrogen-bond acceptors (Lipinski definition) is 4. The fraction of sp³-hybridized carbons (Fsp3) is 0.417. The van der Waals surface area contributed by atoms with Crippen LogP contribution in [0.5, 0.6) is 0 Å². The highest BCUT2D eigenvalue weighted by Crippen LogP contribution is 2.24. The van der Waals surface area contributed by atoms with Gasteiger partial charge >= 0.3 is 0 Å². The van der Waals surface area contributed by atoms with E-state index in [1.54, 1.807) is 18.2 Å². The molecule has 0 spiro atoms. The summed E-state index contributed by atoms with van der Waals surface area (Å²) in [7, 11) is 0. The number of amides is 1. The Hall–Kier alpha value is -1.04. The Labute approximate surface area is 106 Å². The standard InChI is InChI=1S/C12H17NO3S/c1-8(14)13-7-6-10(15)12(16)9-4-2-3-5-11(9)17/h2-5,10,12,15-17H,6-7H2,1H3,(H,13,14). The minimum Gasteiger partial charge on any atom is -0.390 e. The minimum atomic E-state index is -0.988. The molecule has 0 radical (unpaired) electrons. The quantitative estimate of drug-likeness (QED) is 0.591. The second kappa shape index (κ2) is 6.64. The van der Waals surface area contributed by atoms with Gasteiger partial charge in [-0.25, -0.2) is 0 Å². The van der Waals surface area contributed by atoms with Gasteiger partial charge in [0, 0.05) is 18.4 Å². The maximum atomic E-state index is 10.7. The van der Waals surface area contributed by atoms with Crippen molar-refractivity contribution in [2.24, 2.45) is 0 Å². The molecule has 0 fully saturated rings. The molecular formula is C12H17NO3S. The highest BCUT2D eigenvalue weighted by atomic mass is 32.1. The highest BCUT2D eigenvalue weighted by molar-refractivity contribution is 7.80. The van der Waals surface area contributed by atoms with Gasteiger partial charge in [-0.05, 0) is 18.1 Å². The van der Waals surface area contributed by atoms with E-state index in [1.807, 2.05) is 6.07 Å². The van der Waals surface area contributed by atoms with Gasteiger partial charge in [0.2, 0.25) is 5.91 Å². The van der Waals surface area contributed by atoms with Gasteiger partial charge in [-0.3, -0.25) is 4.79 Å². The number of thiol groups is 1. The number of carbonyl (C=O) groups excluding carboxylic acids is 1. The summed E-state index contributed by atoms with van der Waals surface area (Å²) >= 11 is 4.21. The van der Waals surface area contributed by atoms with Crippen molar-refractivity contribution in [3.63, 3.8) is 0 Å². The second-order valence-corrected chi connectivity index (χ2v) is 4.32. The maximum Gasteiger partial charge on any atom is 0.216 e. The van der Waals surface area contributed by atoms with Crippen LogP contribution in [0, 0.1) is 0 Å². The fourth-order valence-corrected chi connectivity index (χ4v) is 1.79. The zero-order valence-electron chi connectivity index (χ0n) is 9.63. The zero-order valence-corrected chi connectivity index (χ0v) is 10.5. The van der Waals surface area contributed by atoms with Gasteiger partial charge < -0.3 is 15.5 Å². The first kappa shape index (κ1) is 14.0. The van der Waals surface area contributed by atoms with Crippen molar-refractivity contribution in [3.8, 4) is 0 Å². The van der Waals surface area contributed by atoms with E-state index in [1.165, 1.54) is 6.92 Å². The topological polar surface area (TPSA) is 69.6 Å². The van der Waals surface area contributed by atoms with Crippen molar-refractivity contribution < 1.29 is 15.0 Å². The number of benzene rings is 1. The Kier molecular flexibility index (Phi) is 5.47. The molecule has 0 aliphatic heterocycles. The van der Waals surface area contributed by atoms with Gasteiger partial charge in [0.05, 0.1) is 6.10 Å². The molecule has 5 heteroatoms. The summed E-state index contributed by atoms with van der Waals surface area (Å²) in [5.74, 6) is -0.152. The molecule has 2 unspecified atom stereocenters. The molecular weight excluding hydrogens is 238 g/mol. The lowest BCUT2D eigenvalue weighted by Gasteiger charge is -2.19. The van der Waals surface area contributed by atoms with Crippen molar-refractivity contribution in [2.45, 2.75) is 30.4 Å². The van der Waals surface area contributed by atoms with Crippen LogP contribution in [-0.4, -0.2) is 28.8 Å². The van der Waals surface area contributed by atoms with Crippen molar-refractivity contribution >= 4 is 18.5 Å². The number of nitrogens with one attached hydrogen (secondary N) is 1. The molecule has 0 aliphatic carbocycles. The summed E-state index contributed by atoms with van der Waals surface area (Å²) in [6.07, 6.45) is -1.62. The van der Waals surface area contributed by atoms with Crippen LogP contribution in [0.4, 0.5) is 0 Å². The lowest BCUT2D eigenvalue weighted by Crippen LogP contribution is -2.27. The van der Waals surface area contributed by atoms with E-state index in [4.69, 9.17) is 0 Å². The Balaban J connectivity index is 2.55. The van der Waals surface area contributed by atoms with E-state index in [2.05, 4.69) is 17.9 Å². The predicted molar refractivity (Wildman–Crippen MR) is 68.0 cm³/mol. The van der Waals surface area contributed by atoms with Crippen LogP contribution in [0.1, 0.15) is 25.0 Å². The normalized spacial score (nSPS) is 14.1. The van der Waals surface area contributed by atoms with Crippen molar-refractivity contribution in [1.29, 1.82) is 0 Å². The van der Waals surface area contributed by atoms with Gasteiger partial charge in [-0.2, -0.15) is 0 Å². The fourth-order valence-electron chi connectivity index (χ4n) is 1.50. The first-order valence-corrected chi connectivity index (χ1v) is 5.85. The highest BCUT2D eigenvalue weighted by Gasteiger charge is 2.19. The third-order valence-corrected chi connectivity index (χ3v) is 2.84. The molecule has 2 atom stereocenters. The molecule has 17 heavy (non-hydrogen) atoms. The van der Waals surface area contributed by atoms with E-state index in [0.717, 1.165) is 0 Å². The van der Waals surface area contributed by atoms with Crippen LogP contribution in [0.3, 0.4) is 0 Å². The molecule has 0 aromatic heterocycles. The van der Waals surface area contributed by atoms with E-state index < -0.39 is 12.2 Å². The van der Waals surface area contributed by atoms with Crippen LogP contribution in [0.25, 0.3) is 0 Å². The monoisotopic (exact) mass is 255 g/mol. The summed E-state index contributed by atoms with van der Waals surface area (Å²) in [5, 5.41) is 22.3. The first-order chi connectivity index (χ1) is 8.02. The predicted octanol–water partition coefficient (Wildman–Crippen LogP) is 0.896. The van der Waals surface area contributed by atoms with Crippen molar-refractivity contribution in [3.05, 3.63) is 29.8 Å². The molecule has 0 heterocycles. The molecule has 0 saturated carbocycles. The second-order valence-electron chi connectivity index (χ2n) is 3.84. The van der Waals surface area contributed by atoms with Gasteiger partial charge in [0.25, 0.3) is 0 Å². The Morgan fingerprint density at radius 1 is 1.41 bits per heavy atom. The Morgan fingerprint density at radius 3 is 2.65 bits per heavy atom. The lowest BCUT2D eigenvalue weighted by atomic mass is 10.0. The van der Waals surface area contributed by atoms with E-state index in [-0.39, 0.29) is 5.91 Å². The van der Waals surface area contributed by atoms with Gasteiger partial charge in [0.1, 0.15) is 6.10 Å². The average Bonchev–Trinajstić information content (AvgIpc) is 2.28. The van der Waals surface area contributed by atoms with Gasteiger partial charge in [0.15, 0.2) is 0 Å². The minimum absolute atomic E-state index is 0.152. The number of carbonyl (C=O) groups is 1. The SMILES string of the molecule is CC(=O)NCCC(O)C(O)c1ccccc1S. The molecule has 3 N–H and O–H groups in total. The molecule has 1 aromatic carbocycles. The van der Waals surface area contributed by atoms with E-state index in [0.29, 0.717) is 23.4 Å². The van der Waals surface area contributed by atoms with Gasteiger partial charge in [-0.15, -0.1) is 12.6 Å². The van der Waals surface area contributed by atoms with E-state index >= 15 is 0 Å². The van der Waals surface area contributed by atoms with E-state index in [9.17, 15) is 15.0 Å². The summed E-state index contributed by atoms with van der Waals surface area (Å²) in [4.78, 5) is 11.3. The third-order valence-electron chi connectivity index (χ3n) is 2.43. The van der Waals surface area contributed by atoms with Gasteiger partial charge in [-0.1, -0.05) is 18.2 Å². The van der Waals surface area contributed by atoms with Crippen LogP contribution in [-0.2, 0) is 4.79 Å². The summed E-state index contributed by atoms with van der Waals surface area (Å²) in [6.45, 7) is 1.74. The van der Waals surface area contributed by atoms with Crippen molar-refractivity contribution in [1.82, 2.24) is 5.32 Å². The number of aliphatic hydroxyl groups is 2. The largest absolute Gasteiger partial charge is 0.390 e. The Bertz CT molecular complexity index is 384. The average molecular weight is 255 g/mol. The number of rotatable bonds is 5. The van der Waals surface area contributed by atoms with Crippen LogP contribution in [0.2, 0.25) is 0 Å². The number of hydrogen-bond donors (Lipinski definition) is 4. The summed E-state index contributed by atoms with van der Waals surface area (Å²) in [5.41, 5.74) is 0.589. The molecule has 1 aromatic rings. The summed E-state index contributed by atoms with van der Waals surface area (Å²) in [6, 6.07) is 7.05. The van der Waals surface area contributed by atoms with Crippen LogP contribution in [0.15, 0.2) is 29.2 Å². The summed E-state index contributed by atoms with van der Waals surface area (Å²) < 4.78 is 0. The van der Waals surface area contributed by atoms with Crippen molar-refractivity contribution in [2.75, 3.05) is 6.54 Å². The zero-order chi connectivity index (χ0) is 12.8. The third kappa shape index (κ3) is 4.38. The first-order valence-electron chi connectivity index (χ1n) is 5.41. The molecule has 1 rings (SSSR count). The molecule has 1 amide bonds. The number of aliphatic hydroxyl groups excluding tert-OH is 2. The molecule has 4 nitrogen and oxygen atoms in total. The maximum absolute atomic E-state index is 10.7. The molecule has 0 saturated heterocycles.